The Morgan fingerprint density at radius 3 is 2.94 bits per heavy atom. The molecule has 8 heteroatoms. The Morgan fingerprint density at radius 2 is 2.23 bits per heavy atom. The molecule has 0 aliphatic carbocycles. The number of nitrogen functional groups attached to an aromatic ring is 1. The number of benzene rings is 1. The largest absolute Gasteiger partial charge is 0.487 e. The summed E-state index contributed by atoms with van der Waals surface area (Å²) in [6, 6.07) is 5.79. The molecule has 0 amide bonds. The Balaban J connectivity index is 1.75. The molecule has 0 unspecified atom stereocenters. The molecule has 31 heavy (non-hydrogen) atoms. The number of aromatic nitrogens is 2. The molecule has 1 aliphatic rings. The molecule has 0 spiro atoms. The lowest BCUT2D eigenvalue weighted by Crippen LogP contribution is -2.39. The Morgan fingerprint density at radius 1 is 1.45 bits per heavy atom. The van der Waals surface area contributed by atoms with Crippen LogP contribution in [0.3, 0.4) is 0 Å². The van der Waals surface area contributed by atoms with Crippen molar-refractivity contribution in [3.63, 3.8) is 0 Å². The van der Waals surface area contributed by atoms with Crippen molar-refractivity contribution < 1.29 is 9.13 Å². The summed E-state index contributed by atoms with van der Waals surface area (Å²) in [5.41, 5.74) is 7.22. The first kappa shape index (κ1) is 20.7. The number of nitrogens with one attached hydrogen (secondary N) is 1. The summed E-state index contributed by atoms with van der Waals surface area (Å²) in [7, 11) is 0. The van der Waals surface area contributed by atoms with E-state index in [1.807, 2.05) is 39.0 Å². The summed E-state index contributed by atoms with van der Waals surface area (Å²) in [5, 5.41) is 12.5. The summed E-state index contributed by atoms with van der Waals surface area (Å²) in [6.07, 6.45) is 4.72. The topological polar surface area (TPSA) is 106 Å². The lowest BCUT2D eigenvalue weighted by molar-refractivity contribution is 0.171. The maximum atomic E-state index is 15.2. The predicted molar refractivity (Wildman–Crippen MR) is 118 cm³/mol. The van der Waals surface area contributed by atoms with E-state index >= 15 is 4.39 Å². The van der Waals surface area contributed by atoms with Crippen molar-refractivity contribution >= 4 is 22.3 Å². The van der Waals surface area contributed by atoms with Gasteiger partial charge in [0.2, 0.25) is 5.43 Å². The molecule has 3 N–H and O–H groups in total. The van der Waals surface area contributed by atoms with Crippen LogP contribution in [-0.2, 0) is 12.0 Å². The SMILES string of the molecule is Cc1cccnc1CCCNc1c(F)c(N)c2c(=O)c(C#N)cn3c2c1OCC3(C)C. The lowest BCUT2D eigenvalue weighted by Gasteiger charge is -2.36. The van der Waals surface area contributed by atoms with Gasteiger partial charge in [0.05, 0.1) is 22.1 Å². The zero-order valence-corrected chi connectivity index (χ0v) is 17.8. The van der Waals surface area contributed by atoms with Crippen LogP contribution < -0.4 is 21.2 Å². The van der Waals surface area contributed by atoms with E-state index in [9.17, 15) is 10.1 Å². The highest BCUT2D eigenvalue weighted by Gasteiger charge is 2.34. The van der Waals surface area contributed by atoms with Crippen molar-refractivity contribution in [2.45, 2.75) is 39.2 Å². The van der Waals surface area contributed by atoms with Gasteiger partial charge < -0.3 is 20.4 Å². The maximum absolute atomic E-state index is 15.2. The van der Waals surface area contributed by atoms with Crippen molar-refractivity contribution in [2.75, 3.05) is 24.2 Å². The first-order valence-electron chi connectivity index (χ1n) is 10.1. The van der Waals surface area contributed by atoms with Gasteiger partial charge in [0, 0.05) is 24.6 Å². The van der Waals surface area contributed by atoms with Gasteiger partial charge in [-0.2, -0.15) is 5.26 Å². The highest BCUT2D eigenvalue weighted by atomic mass is 19.1. The zero-order chi connectivity index (χ0) is 22.3. The average molecular weight is 421 g/mol. The quantitative estimate of drug-likeness (QED) is 0.483. The standard InChI is InChI=1S/C23H24FN5O2/c1-13-6-4-8-27-15(13)7-5-9-28-19-17(24)18(26)16-20-22(19)31-12-23(2,3)29(20)11-14(10-25)21(16)30/h4,6,8,11,28H,5,7,9,12,26H2,1-3H3. The van der Waals surface area contributed by atoms with E-state index in [1.54, 1.807) is 10.8 Å². The molecule has 3 aromatic rings. The van der Waals surface area contributed by atoms with E-state index in [0.717, 1.165) is 24.1 Å². The lowest BCUT2D eigenvalue weighted by atomic mass is 9.99. The summed E-state index contributed by atoms with van der Waals surface area (Å²) in [6.45, 7) is 6.58. The van der Waals surface area contributed by atoms with E-state index in [1.165, 1.54) is 6.20 Å². The predicted octanol–water partition coefficient (Wildman–Crippen LogP) is 3.47. The van der Waals surface area contributed by atoms with Crippen molar-refractivity contribution in [2.24, 2.45) is 0 Å². The van der Waals surface area contributed by atoms with Gasteiger partial charge in [-0.1, -0.05) is 6.07 Å². The van der Waals surface area contributed by atoms with Gasteiger partial charge in [0.15, 0.2) is 11.6 Å². The van der Waals surface area contributed by atoms with Crippen LogP contribution >= 0.6 is 0 Å². The van der Waals surface area contributed by atoms with E-state index in [-0.39, 0.29) is 34.7 Å². The highest BCUT2D eigenvalue weighted by Crippen LogP contribution is 2.44. The summed E-state index contributed by atoms with van der Waals surface area (Å²) >= 11 is 0. The monoisotopic (exact) mass is 421 g/mol. The fraction of sp³-hybridized carbons (Fsp3) is 0.348. The average Bonchev–Trinajstić information content (AvgIpc) is 2.74. The number of halogens is 1. The second-order valence-electron chi connectivity index (χ2n) is 8.41. The normalized spacial score (nSPS) is 14.2. The minimum atomic E-state index is -0.741. The molecule has 0 saturated carbocycles. The molecule has 1 aromatic carbocycles. The van der Waals surface area contributed by atoms with Crippen LogP contribution in [0.15, 0.2) is 29.3 Å². The van der Waals surface area contributed by atoms with Gasteiger partial charge >= 0.3 is 0 Å². The molecule has 0 bridgehead atoms. The Hall–Kier alpha value is -3.60. The second-order valence-corrected chi connectivity index (χ2v) is 8.41. The second kappa shape index (κ2) is 7.58. The number of hydrogen-bond acceptors (Lipinski definition) is 6. The van der Waals surface area contributed by atoms with E-state index in [0.29, 0.717) is 12.1 Å². The molecule has 3 heterocycles. The van der Waals surface area contributed by atoms with Crippen molar-refractivity contribution in [1.29, 1.82) is 5.26 Å². The number of aryl methyl sites for hydroxylation is 2. The van der Waals surface area contributed by atoms with E-state index in [4.69, 9.17) is 10.5 Å². The van der Waals surface area contributed by atoms with Crippen LogP contribution in [-0.4, -0.2) is 22.7 Å². The fourth-order valence-corrected chi connectivity index (χ4v) is 3.97. The number of ether oxygens (including phenoxy) is 1. The van der Waals surface area contributed by atoms with E-state index in [2.05, 4.69) is 10.3 Å². The highest BCUT2D eigenvalue weighted by molar-refractivity contribution is 6.00. The van der Waals surface area contributed by atoms with Gasteiger partial charge in [0.1, 0.15) is 23.9 Å². The molecule has 0 fully saturated rings. The molecule has 0 saturated heterocycles. The molecular weight excluding hydrogens is 397 g/mol. The van der Waals surface area contributed by atoms with Crippen LogP contribution in [0, 0.1) is 24.1 Å². The molecule has 1 aliphatic heterocycles. The van der Waals surface area contributed by atoms with Crippen LogP contribution in [0.1, 0.15) is 37.1 Å². The Kier molecular flexibility index (Phi) is 5.05. The third-order valence-electron chi connectivity index (χ3n) is 5.73. The minimum absolute atomic E-state index is 0.0195. The van der Waals surface area contributed by atoms with E-state index < -0.39 is 16.8 Å². The van der Waals surface area contributed by atoms with Crippen LogP contribution in [0.4, 0.5) is 15.8 Å². The summed E-state index contributed by atoms with van der Waals surface area (Å²) in [5.74, 6) is -0.494. The summed E-state index contributed by atoms with van der Waals surface area (Å²) in [4.78, 5) is 17.2. The number of hydrogen-bond donors (Lipinski definition) is 2. The number of nitriles is 1. The van der Waals surface area contributed by atoms with Gasteiger partial charge in [-0.15, -0.1) is 0 Å². The van der Waals surface area contributed by atoms with Crippen LogP contribution in [0.2, 0.25) is 0 Å². The van der Waals surface area contributed by atoms with Crippen molar-refractivity contribution in [3.8, 4) is 11.8 Å². The van der Waals surface area contributed by atoms with Crippen LogP contribution in [0.25, 0.3) is 10.9 Å². The zero-order valence-electron chi connectivity index (χ0n) is 17.8. The molecule has 160 valence electrons. The van der Waals surface area contributed by atoms with Gasteiger partial charge in [-0.3, -0.25) is 9.78 Å². The van der Waals surface area contributed by atoms with Gasteiger partial charge in [0.25, 0.3) is 0 Å². The minimum Gasteiger partial charge on any atom is -0.487 e. The number of anilines is 2. The third kappa shape index (κ3) is 3.36. The fourth-order valence-electron chi connectivity index (χ4n) is 3.97. The smallest absolute Gasteiger partial charge is 0.209 e. The molecular formula is C23H24FN5O2. The number of pyridine rings is 2. The maximum Gasteiger partial charge on any atom is 0.209 e. The Bertz CT molecular complexity index is 1290. The first-order chi connectivity index (χ1) is 14.8. The van der Waals surface area contributed by atoms with Crippen molar-refractivity contribution in [3.05, 3.63) is 57.4 Å². The van der Waals surface area contributed by atoms with Gasteiger partial charge in [-0.25, -0.2) is 4.39 Å². The molecule has 2 aromatic heterocycles. The number of rotatable bonds is 5. The molecule has 0 radical (unpaired) electrons. The molecule has 4 rings (SSSR count). The Labute approximate surface area is 179 Å². The molecule has 0 atom stereocenters. The van der Waals surface area contributed by atoms with Crippen LogP contribution in [0.5, 0.6) is 5.75 Å². The first-order valence-corrected chi connectivity index (χ1v) is 10.1. The summed E-state index contributed by atoms with van der Waals surface area (Å²) < 4.78 is 23.0. The van der Waals surface area contributed by atoms with Crippen molar-refractivity contribution in [1.82, 2.24) is 9.55 Å². The molecule has 7 nitrogen and oxygen atoms in total. The van der Waals surface area contributed by atoms with Gasteiger partial charge in [-0.05, 0) is 45.2 Å². The number of nitrogens with two attached hydrogens (primary N) is 1. The number of nitrogens with zero attached hydrogens (tertiary/aromatic N) is 3. The third-order valence-corrected chi connectivity index (χ3v) is 5.73.